The molecule has 6 heteroatoms. The third kappa shape index (κ3) is 3.01. The Kier molecular flexibility index (Phi) is 3.78. The Labute approximate surface area is 144 Å². The monoisotopic (exact) mass is 333 g/mol. The predicted octanol–water partition coefficient (Wildman–Crippen LogP) is 2.60. The molecule has 0 unspecified atom stereocenters. The largest absolute Gasteiger partial charge is 0.423 e. The van der Waals surface area contributed by atoms with E-state index in [9.17, 15) is 9.59 Å². The van der Waals surface area contributed by atoms with Gasteiger partial charge < -0.3 is 15.0 Å². The second kappa shape index (κ2) is 6.24. The number of nitrogens with zero attached hydrogens (tertiary/aromatic N) is 2. The fourth-order valence-electron chi connectivity index (χ4n) is 2.91. The minimum atomic E-state index is -0.377. The van der Waals surface area contributed by atoms with Crippen LogP contribution in [0.1, 0.15) is 0 Å². The molecule has 0 bridgehead atoms. The molecule has 3 aromatic rings. The number of carbonyl (C=O) groups excluding carboxylic acids is 2. The van der Waals surface area contributed by atoms with E-state index in [1.807, 2.05) is 42.5 Å². The molecule has 0 spiro atoms. The standard InChI is InChI=1S/C19H15N3O3/c23-17(21-14-7-3-5-13-6-4-10-20-19(13)14)11-22-12-18(24)25-16-9-2-1-8-15(16)22/h1-10H,11-12H2,(H,21,23). The number of benzene rings is 2. The Morgan fingerprint density at radius 1 is 1.12 bits per heavy atom. The maximum absolute atomic E-state index is 12.5. The van der Waals surface area contributed by atoms with Gasteiger partial charge in [-0.3, -0.25) is 9.78 Å². The summed E-state index contributed by atoms with van der Waals surface area (Å²) < 4.78 is 5.20. The maximum atomic E-state index is 12.5. The number of esters is 1. The zero-order valence-corrected chi connectivity index (χ0v) is 13.3. The summed E-state index contributed by atoms with van der Waals surface area (Å²) in [7, 11) is 0. The lowest BCUT2D eigenvalue weighted by molar-refractivity contribution is -0.133. The summed E-state index contributed by atoms with van der Waals surface area (Å²) in [5.74, 6) is -0.126. The van der Waals surface area contributed by atoms with E-state index in [4.69, 9.17) is 4.74 Å². The Morgan fingerprint density at radius 2 is 1.96 bits per heavy atom. The molecule has 0 fully saturated rings. The molecule has 0 saturated heterocycles. The molecule has 6 nitrogen and oxygen atoms in total. The van der Waals surface area contributed by atoms with Crippen LogP contribution in [0.5, 0.6) is 5.75 Å². The van der Waals surface area contributed by atoms with Crippen LogP contribution in [0.25, 0.3) is 10.9 Å². The number of aromatic nitrogens is 1. The Bertz CT molecular complexity index is 966. The first-order chi connectivity index (χ1) is 12.2. The van der Waals surface area contributed by atoms with Crippen LogP contribution in [0.3, 0.4) is 0 Å². The number of anilines is 2. The molecule has 1 aliphatic rings. The minimum absolute atomic E-state index is 0.0399. The summed E-state index contributed by atoms with van der Waals surface area (Å²) in [6.45, 7) is 0.0908. The topological polar surface area (TPSA) is 71.5 Å². The molecule has 0 radical (unpaired) electrons. The zero-order chi connectivity index (χ0) is 17.2. The van der Waals surface area contributed by atoms with Crippen LogP contribution < -0.4 is 15.0 Å². The Hall–Kier alpha value is -3.41. The fourth-order valence-corrected chi connectivity index (χ4v) is 2.91. The highest BCUT2D eigenvalue weighted by Gasteiger charge is 2.25. The van der Waals surface area contributed by atoms with Crippen molar-refractivity contribution in [2.75, 3.05) is 23.3 Å². The van der Waals surface area contributed by atoms with E-state index in [2.05, 4.69) is 10.3 Å². The maximum Gasteiger partial charge on any atom is 0.331 e. The summed E-state index contributed by atoms with van der Waals surface area (Å²) in [6.07, 6.45) is 1.69. The van der Waals surface area contributed by atoms with Crippen molar-refractivity contribution in [3.05, 3.63) is 60.8 Å². The molecular weight excluding hydrogens is 318 g/mol. The van der Waals surface area contributed by atoms with Crippen LogP contribution in [-0.4, -0.2) is 29.9 Å². The van der Waals surface area contributed by atoms with E-state index in [1.54, 1.807) is 23.2 Å². The fraction of sp³-hybridized carbons (Fsp3) is 0.105. The van der Waals surface area contributed by atoms with Crippen molar-refractivity contribution in [1.29, 1.82) is 0 Å². The molecule has 124 valence electrons. The molecule has 1 aromatic heterocycles. The molecule has 4 rings (SSSR count). The van der Waals surface area contributed by atoms with E-state index in [0.29, 0.717) is 11.4 Å². The molecule has 25 heavy (non-hydrogen) atoms. The van der Waals surface area contributed by atoms with Crippen molar-refractivity contribution in [1.82, 2.24) is 4.98 Å². The zero-order valence-electron chi connectivity index (χ0n) is 13.3. The third-order valence-electron chi connectivity index (χ3n) is 3.99. The first-order valence-electron chi connectivity index (χ1n) is 7.89. The smallest absolute Gasteiger partial charge is 0.331 e. The average molecular weight is 333 g/mol. The number of nitrogens with one attached hydrogen (secondary N) is 1. The van der Waals surface area contributed by atoms with Crippen molar-refractivity contribution in [2.24, 2.45) is 0 Å². The highest BCUT2D eigenvalue weighted by atomic mass is 16.5. The molecule has 2 aromatic carbocycles. The number of hydrogen-bond acceptors (Lipinski definition) is 5. The highest BCUT2D eigenvalue weighted by Crippen LogP contribution is 2.31. The van der Waals surface area contributed by atoms with E-state index >= 15 is 0 Å². The number of pyridine rings is 1. The molecule has 1 aliphatic heterocycles. The van der Waals surface area contributed by atoms with Crippen LogP contribution >= 0.6 is 0 Å². The van der Waals surface area contributed by atoms with Crippen molar-refractivity contribution in [2.45, 2.75) is 0 Å². The lowest BCUT2D eigenvalue weighted by atomic mass is 10.2. The van der Waals surface area contributed by atoms with E-state index in [1.165, 1.54) is 0 Å². The van der Waals surface area contributed by atoms with Gasteiger partial charge in [0.15, 0.2) is 5.75 Å². The number of hydrogen-bond donors (Lipinski definition) is 1. The van der Waals surface area contributed by atoms with Gasteiger partial charge in [-0.25, -0.2) is 4.79 Å². The normalized spacial score (nSPS) is 13.3. The van der Waals surface area contributed by atoms with Gasteiger partial charge in [-0.15, -0.1) is 0 Å². The summed E-state index contributed by atoms with van der Waals surface area (Å²) in [5.41, 5.74) is 2.11. The summed E-state index contributed by atoms with van der Waals surface area (Å²) in [5, 5.41) is 3.83. The number of rotatable bonds is 3. The summed E-state index contributed by atoms with van der Waals surface area (Å²) in [6, 6.07) is 16.6. The molecule has 1 N–H and O–H groups in total. The first-order valence-corrected chi connectivity index (χ1v) is 7.89. The van der Waals surface area contributed by atoms with Gasteiger partial charge in [0.1, 0.15) is 6.54 Å². The number of ether oxygens (including phenoxy) is 1. The van der Waals surface area contributed by atoms with Crippen molar-refractivity contribution < 1.29 is 14.3 Å². The number of amides is 1. The molecule has 0 aliphatic carbocycles. The van der Waals surface area contributed by atoms with Gasteiger partial charge in [0.2, 0.25) is 5.91 Å². The van der Waals surface area contributed by atoms with Crippen molar-refractivity contribution in [3.8, 4) is 5.75 Å². The first kappa shape index (κ1) is 15.1. The van der Waals surface area contributed by atoms with Crippen molar-refractivity contribution in [3.63, 3.8) is 0 Å². The molecule has 0 saturated carbocycles. The molecule has 1 amide bonds. The lowest BCUT2D eigenvalue weighted by Gasteiger charge is -2.29. The van der Waals surface area contributed by atoms with Gasteiger partial charge in [-0.1, -0.05) is 30.3 Å². The second-order valence-corrected chi connectivity index (χ2v) is 5.73. The van der Waals surface area contributed by atoms with E-state index in [-0.39, 0.29) is 25.0 Å². The SMILES string of the molecule is O=C(CN1CC(=O)Oc2ccccc21)Nc1cccc2cccnc12. The Morgan fingerprint density at radius 3 is 2.88 bits per heavy atom. The third-order valence-corrected chi connectivity index (χ3v) is 3.99. The van der Waals surface area contributed by atoms with Gasteiger partial charge in [-0.05, 0) is 24.3 Å². The van der Waals surface area contributed by atoms with Gasteiger partial charge in [0, 0.05) is 11.6 Å². The van der Waals surface area contributed by atoms with Crippen LogP contribution in [0, 0.1) is 0 Å². The van der Waals surface area contributed by atoms with E-state index in [0.717, 1.165) is 16.6 Å². The number of fused-ring (bicyclic) bond motifs is 2. The van der Waals surface area contributed by atoms with Crippen LogP contribution in [0.2, 0.25) is 0 Å². The average Bonchev–Trinajstić information content (AvgIpc) is 2.62. The van der Waals surface area contributed by atoms with Crippen LogP contribution in [-0.2, 0) is 9.59 Å². The predicted molar refractivity (Wildman–Crippen MR) is 94.7 cm³/mol. The van der Waals surface area contributed by atoms with E-state index < -0.39 is 0 Å². The second-order valence-electron chi connectivity index (χ2n) is 5.73. The van der Waals surface area contributed by atoms with Crippen molar-refractivity contribution >= 4 is 34.2 Å². The summed E-state index contributed by atoms with van der Waals surface area (Å²) >= 11 is 0. The number of carbonyl (C=O) groups is 2. The molecule has 0 atom stereocenters. The van der Waals surface area contributed by atoms with Gasteiger partial charge in [-0.2, -0.15) is 0 Å². The van der Waals surface area contributed by atoms with Gasteiger partial charge in [0.25, 0.3) is 0 Å². The Balaban J connectivity index is 1.56. The van der Waals surface area contributed by atoms with Gasteiger partial charge in [0.05, 0.1) is 23.4 Å². The minimum Gasteiger partial charge on any atom is -0.423 e. The van der Waals surface area contributed by atoms with Gasteiger partial charge >= 0.3 is 5.97 Å². The highest BCUT2D eigenvalue weighted by molar-refractivity contribution is 6.02. The molecule has 2 heterocycles. The summed E-state index contributed by atoms with van der Waals surface area (Å²) in [4.78, 5) is 30.3. The molecular formula is C19H15N3O3. The number of para-hydroxylation sites is 3. The lowest BCUT2D eigenvalue weighted by Crippen LogP contribution is -2.41. The van der Waals surface area contributed by atoms with Crippen LogP contribution in [0.4, 0.5) is 11.4 Å². The quantitative estimate of drug-likeness (QED) is 0.589. The van der Waals surface area contributed by atoms with Crippen LogP contribution in [0.15, 0.2) is 60.8 Å².